The van der Waals surface area contributed by atoms with E-state index < -0.39 is 11.7 Å². The highest BCUT2D eigenvalue weighted by molar-refractivity contribution is 5.96. The summed E-state index contributed by atoms with van der Waals surface area (Å²) in [5.41, 5.74) is -0.390. The number of benzene rings is 1. The van der Waals surface area contributed by atoms with Crippen molar-refractivity contribution in [3.05, 3.63) is 35.4 Å². The van der Waals surface area contributed by atoms with Crippen LogP contribution in [0.5, 0.6) is 0 Å². The molecule has 0 aliphatic carbocycles. The van der Waals surface area contributed by atoms with Crippen LogP contribution in [0.3, 0.4) is 0 Å². The quantitative estimate of drug-likeness (QED) is 0.757. The average molecular weight is 286 g/mol. The fourth-order valence-electron chi connectivity index (χ4n) is 2.35. The maximum atomic E-state index is 12.4. The highest BCUT2D eigenvalue weighted by Gasteiger charge is 2.30. The summed E-state index contributed by atoms with van der Waals surface area (Å²) in [6.45, 7) is 0.789. The molecule has 110 valence electrons. The van der Waals surface area contributed by atoms with Crippen molar-refractivity contribution in [1.29, 1.82) is 0 Å². The van der Waals surface area contributed by atoms with E-state index in [0.29, 0.717) is 18.4 Å². The second-order valence-electron chi connectivity index (χ2n) is 5.03. The summed E-state index contributed by atoms with van der Waals surface area (Å²) in [5, 5.41) is 0. The van der Waals surface area contributed by atoms with Gasteiger partial charge in [-0.1, -0.05) is 12.1 Å². The molecule has 1 aromatic carbocycles. The summed E-state index contributed by atoms with van der Waals surface area (Å²) in [6, 6.07) is 4.40. The molecule has 2 rings (SSSR count). The molecule has 1 aromatic rings. The van der Waals surface area contributed by atoms with Crippen LogP contribution >= 0.6 is 0 Å². The minimum absolute atomic E-state index is 0.114. The number of Topliss-reactive ketones (excluding diaryl/α,β-unsaturated/α-hetero) is 1. The summed E-state index contributed by atoms with van der Waals surface area (Å²) >= 11 is 0. The Hall–Kier alpha value is -1.36. The Labute approximate surface area is 115 Å². The summed E-state index contributed by atoms with van der Waals surface area (Å²) in [4.78, 5) is 11.9. The van der Waals surface area contributed by atoms with Gasteiger partial charge in [0.05, 0.1) is 11.7 Å². The van der Waals surface area contributed by atoms with Gasteiger partial charge in [-0.25, -0.2) is 0 Å². The number of hydrogen-bond donors (Lipinski definition) is 0. The molecule has 1 aliphatic rings. The molecule has 2 nitrogen and oxygen atoms in total. The summed E-state index contributed by atoms with van der Waals surface area (Å²) in [6.07, 6.45) is -0.106. The Kier molecular flexibility index (Phi) is 4.81. The zero-order valence-electron chi connectivity index (χ0n) is 11.1. The van der Waals surface area contributed by atoms with Gasteiger partial charge in [-0.2, -0.15) is 13.2 Å². The van der Waals surface area contributed by atoms with Crippen LogP contribution in [-0.4, -0.2) is 18.5 Å². The van der Waals surface area contributed by atoms with E-state index in [1.54, 1.807) is 0 Å². The third-order valence-electron chi connectivity index (χ3n) is 3.49. The van der Waals surface area contributed by atoms with Crippen molar-refractivity contribution in [1.82, 2.24) is 0 Å². The fraction of sp³-hybridized carbons (Fsp3) is 0.533. The molecule has 1 saturated heterocycles. The van der Waals surface area contributed by atoms with Crippen LogP contribution in [-0.2, 0) is 10.9 Å². The summed E-state index contributed by atoms with van der Waals surface area (Å²) < 4.78 is 42.6. The van der Waals surface area contributed by atoms with Crippen molar-refractivity contribution in [2.24, 2.45) is 0 Å². The first-order valence-corrected chi connectivity index (χ1v) is 6.79. The van der Waals surface area contributed by atoms with E-state index in [4.69, 9.17) is 4.74 Å². The molecule has 1 fully saturated rings. The van der Waals surface area contributed by atoms with Gasteiger partial charge in [0.2, 0.25) is 0 Å². The standard InChI is InChI=1S/C15H17F3O2/c16-15(17,18)12-8-6-11(7-9-12)14(19)5-1-3-13-4-2-10-20-13/h6-9,13H,1-5,10H2. The van der Waals surface area contributed by atoms with Crippen LogP contribution in [0.4, 0.5) is 13.2 Å². The molecule has 1 unspecified atom stereocenters. The van der Waals surface area contributed by atoms with Gasteiger partial charge in [-0.3, -0.25) is 4.79 Å². The van der Waals surface area contributed by atoms with Crippen molar-refractivity contribution < 1.29 is 22.7 Å². The van der Waals surface area contributed by atoms with Crippen molar-refractivity contribution in [2.75, 3.05) is 6.61 Å². The largest absolute Gasteiger partial charge is 0.416 e. The average Bonchev–Trinajstić information content (AvgIpc) is 2.91. The molecule has 0 spiro atoms. The van der Waals surface area contributed by atoms with Crippen LogP contribution in [0, 0.1) is 0 Å². The Balaban J connectivity index is 1.82. The first-order valence-electron chi connectivity index (χ1n) is 6.79. The van der Waals surface area contributed by atoms with Gasteiger partial charge in [-0.05, 0) is 37.8 Å². The van der Waals surface area contributed by atoms with Crippen LogP contribution in [0.25, 0.3) is 0 Å². The molecule has 1 heterocycles. The number of carbonyl (C=O) groups is 1. The number of ether oxygens (including phenoxy) is 1. The number of halogens is 3. The van der Waals surface area contributed by atoms with Gasteiger partial charge >= 0.3 is 6.18 Å². The topological polar surface area (TPSA) is 26.3 Å². The van der Waals surface area contributed by atoms with E-state index in [-0.39, 0.29) is 11.9 Å². The predicted octanol–water partition coefficient (Wildman–Crippen LogP) is 4.24. The Morgan fingerprint density at radius 2 is 1.95 bits per heavy atom. The van der Waals surface area contributed by atoms with E-state index in [1.165, 1.54) is 12.1 Å². The third-order valence-corrected chi connectivity index (χ3v) is 3.49. The van der Waals surface area contributed by atoms with Gasteiger partial charge in [0.1, 0.15) is 0 Å². The van der Waals surface area contributed by atoms with Gasteiger partial charge in [-0.15, -0.1) is 0 Å². The molecule has 0 saturated carbocycles. The first-order chi connectivity index (χ1) is 9.47. The summed E-state index contributed by atoms with van der Waals surface area (Å²) in [7, 11) is 0. The monoisotopic (exact) mass is 286 g/mol. The zero-order valence-corrected chi connectivity index (χ0v) is 11.1. The molecule has 1 aliphatic heterocycles. The maximum Gasteiger partial charge on any atom is 0.416 e. The Bertz CT molecular complexity index is 445. The third kappa shape index (κ3) is 4.07. The van der Waals surface area contributed by atoms with E-state index >= 15 is 0 Å². The number of ketones is 1. The minimum atomic E-state index is -4.36. The highest BCUT2D eigenvalue weighted by atomic mass is 19.4. The van der Waals surface area contributed by atoms with Crippen molar-refractivity contribution in [3.63, 3.8) is 0 Å². The maximum absolute atomic E-state index is 12.4. The van der Waals surface area contributed by atoms with E-state index in [2.05, 4.69) is 0 Å². The van der Waals surface area contributed by atoms with E-state index in [0.717, 1.165) is 38.0 Å². The second kappa shape index (κ2) is 6.39. The molecule has 0 bridgehead atoms. The van der Waals surface area contributed by atoms with Crippen molar-refractivity contribution in [3.8, 4) is 0 Å². The Morgan fingerprint density at radius 1 is 1.25 bits per heavy atom. The Morgan fingerprint density at radius 3 is 2.50 bits per heavy atom. The second-order valence-corrected chi connectivity index (χ2v) is 5.03. The highest BCUT2D eigenvalue weighted by Crippen LogP contribution is 2.29. The van der Waals surface area contributed by atoms with Gasteiger partial charge in [0.15, 0.2) is 5.78 Å². The molecular formula is C15H17F3O2. The van der Waals surface area contributed by atoms with Gasteiger partial charge in [0.25, 0.3) is 0 Å². The zero-order chi connectivity index (χ0) is 14.6. The lowest BCUT2D eigenvalue weighted by molar-refractivity contribution is -0.137. The van der Waals surface area contributed by atoms with E-state index in [9.17, 15) is 18.0 Å². The number of hydrogen-bond acceptors (Lipinski definition) is 2. The first kappa shape index (κ1) is 15.0. The van der Waals surface area contributed by atoms with E-state index in [1.807, 2.05) is 0 Å². The predicted molar refractivity (Wildman–Crippen MR) is 68.6 cm³/mol. The number of carbonyl (C=O) groups excluding carboxylic acids is 1. The minimum Gasteiger partial charge on any atom is -0.378 e. The number of alkyl halides is 3. The fourth-order valence-corrected chi connectivity index (χ4v) is 2.35. The van der Waals surface area contributed by atoms with Gasteiger partial charge in [0, 0.05) is 18.6 Å². The van der Waals surface area contributed by atoms with Crippen LogP contribution in [0.1, 0.15) is 48.0 Å². The molecule has 0 aromatic heterocycles. The van der Waals surface area contributed by atoms with Crippen LogP contribution < -0.4 is 0 Å². The summed E-state index contributed by atoms with van der Waals surface area (Å²) in [5.74, 6) is -0.114. The number of rotatable bonds is 5. The molecule has 1 atom stereocenters. The van der Waals surface area contributed by atoms with Gasteiger partial charge < -0.3 is 4.74 Å². The smallest absolute Gasteiger partial charge is 0.378 e. The molecular weight excluding hydrogens is 269 g/mol. The molecule has 0 N–H and O–H groups in total. The van der Waals surface area contributed by atoms with Crippen LogP contribution in [0.15, 0.2) is 24.3 Å². The molecule has 5 heteroatoms. The molecule has 20 heavy (non-hydrogen) atoms. The van der Waals surface area contributed by atoms with Crippen molar-refractivity contribution >= 4 is 5.78 Å². The lowest BCUT2D eigenvalue weighted by atomic mass is 10.0. The lowest BCUT2D eigenvalue weighted by Crippen LogP contribution is -2.08. The van der Waals surface area contributed by atoms with Crippen LogP contribution in [0.2, 0.25) is 0 Å². The normalized spacial score (nSPS) is 19.2. The van der Waals surface area contributed by atoms with Crippen molar-refractivity contribution in [2.45, 2.75) is 44.4 Å². The molecule has 0 radical (unpaired) electrons. The SMILES string of the molecule is O=C(CCCC1CCCO1)c1ccc(C(F)(F)F)cc1. The molecule has 0 amide bonds. The lowest BCUT2D eigenvalue weighted by Gasteiger charge is -2.09.